The zero-order valence-electron chi connectivity index (χ0n) is 10.9. The average molecular weight is 251 g/mol. The Bertz CT molecular complexity index is 392. The predicted molar refractivity (Wildman–Crippen MR) is 70.1 cm³/mol. The van der Waals surface area contributed by atoms with Gasteiger partial charge in [-0.1, -0.05) is 37.6 Å². The topological polar surface area (TPSA) is 72.5 Å². The molecule has 0 spiro atoms. The van der Waals surface area contributed by atoms with Crippen LogP contribution in [-0.2, 0) is 4.74 Å². The number of rotatable bonds is 6. The first-order valence-electron chi connectivity index (χ1n) is 6.26. The number of nitrogens with two attached hydrogens (primary N) is 1. The van der Waals surface area contributed by atoms with Gasteiger partial charge < -0.3 is 15.6 Å². The highest BCUT2D eigenvalue weighted by Crippen LogP contribution is 2.25. The molecule has 1 rings (SSSR count). The molecule has 3 N–H and O–H groups in total. The highest BCUT2D eigenvalue weighted by molar-refractivity contribution is 5.64. The van der Waals surface area contributed by atoms with Crippen LogP contribution in [0, 0.1) is 6.92 Å². The molecule has 100 valence electrons. The van der Waals surface area contributed by atoms with Crippen LogP contribution in [0.15, 0.2) is 24.3 Å². The highest BCUT2D eigenvalue weighted by atomic mass is 16.6. The Kier molecular flexibility index (Phi) is 5.65. The van der Waals surface area contributed by atoms with Crippen molar-refractivity contribution in [1.29, 1.82) is 0 Å². The van der Waals surface area contributed by atoms with Gasteiger partial charge >= 0.3 is 6.09 Å². The van der Waals surface area contributed by atoms with Crippen molar-refractivity contribution in [1.82, 2.24) is 0 Å². The molecule has 2 atom stereocenters. The lowest BCUT2D eigenvalue weighted by Crippen LogP contribution is -2.28. The van der Waals surface area contributed by atoms with E-state index in [9.17, 15) is 9.90 Å². The highest BCUT2D eigenvalue weighted by Gasteiger charge is 2.24. The van der Waals surface area contributed by atoms with Crippen LogP contribution < -0.4 is 5.73 Å². The second-order valence-corrected chi connectivity index (χ2v) is 4.42. The molecule has 0 radical (unpaired) electrons. The largest absolute Gasteiger partial charge is 0.443 e. The van der Waals surface area contributed by atoms with Gasteiger partial charge in [0.25, 0.3) is 0 Å². The summed E-state index contributed by atoms with van der Waals surface area (Å²) in [6.45, 7) is 3.96. The third kappa shape index (κ3) is 4.04. The van der Waals surface area contributed by atoms with E-state index < -0.39 is 18.3 Å². The van der Waals surface area contributed by atoms with Gasteiger partial charge in [-0.3, -0.25) is 0 Å². The second-order valence-electron chi connectivity index (χ2n) is 4.42. The zero-order valence-corrected chi connectivity index (χ0v) is 10.9. The number of carbonyl (C=O) groups excluding carboxylic acids is 1. The van der Waals surface area contributed by atoms with Gasteiger partial charge in [0.1, 0.15) is 12.2 Å². The number of primary amides is 1. The summed E-state index contributed by atoms with van der Waals surface area (Å²) in [6, 6.07) is 7.51. The molecule has 1 aromatic rings. The van der Waals surface area contributed by atoms with Gasteiger partial charge in [0.2, 0.25) is 0 Å². The fourth-order valence-corrected chi connectivity index (χ4v) is 1.95. The molecule has 18 heavy (non-hydrogen) atoms. The summed E-state index contributed by atoms with van der Waals surface area (Å²) >= 11 is 0. The number of ether oxygens (including phenoxy) is 1. The van der Waals surface area contributed by atoms with Crippen LogP contribution in [-0.4, -0.2) is 17.3 Å². The lowest BCUT2D eigenvalue weighted by atomic mass is 9.96. The number of hydrogen-bond donors (Lipinski definition) is 2. The van der Waals surface area contributed by atoms with Crippen LogP contribution in [0.3, 0.4) is 0 Å². The minimum atomic E-state index is -0.844. The zero-order chi connectivity index (χ0) is 13.5. The molecule has 0 aliphatic rings. The van der Waals surface area contributed by atoms with E-state index in [1.54, 1.807) is 0 Å². The summed E-state index contributed by atoms with van der Waals surface area (Å²) < 4.78 is 5.01. The van der Waals surface area contributed by atoms with Crippen LogP contribution in [0.4, 0.5) is 4.79 Å². The number of amides is 1. The maximum atomic E-state index is 10.9. The third-order valence-electron chi connectivity index (χ3n) is 2.97. The van der Waals surface area contributed by atoms with Crippen molar-refractivity contribution in [3.8, 4) is 0 Å². The number of aliphatic hydroxyl groups excluding tert-OH is 1. The molecular formula is C14H21NO3. The molecule has 1 amide bonds. The number of carbonyl (C=O) groups is 1. The summed E-state index contributed by atoms with van der Waals surface area (Å²) in [4.78, 5) is 10.9. The van der Waals surface area contributed by atoms with Crippen molar-refractivity contribution >= 4 is 6.09 Å². The van der Waals surface area contributed by atoms with Crippen molar-refractivity contribution in [2.75, 3.05) is 0 Å². The number of aliphatic hydroxyl groups is 1. The van der Waals surface area contributed by atoms with E-state index >= 15 is 0 Å². The van der Waals surface area contributed by atoms with E-state index in [0.29, 0.717) is 6.42 Å². The van der Waals surface area contributed by atoms with E-state index in [-0.39, 0.29) is 0 Å². The standard InChI is InChI=1S/C14H21NO3/c1-3-4-9-12(18-14(15)17)13(16)11-8-6-5-7-10(11)2/h5-8,12-13,16H,3-4,9H2,1-2H3,(H2,15,17)/t12-,13-/m0/s1. The van der Waals surface area contributed by atoms with Crippen molar-refractivity contribution in [2.45, 2.75) is 45.3 Å². The Balaban J connectivity index is 2.83. The van der Waals surface area contributed by atoms with Crippen molar-refractivity contribution < 1.29 is 14.6 Å². The number of hydrogen-bond acceptors (Lipinski definition) is 3. The Morgan fingerprint density at radius 3 is 2.67 bits per heavy atom. The van der Waals surface area contributed by atoms with Crippen molar-refractivity contribution in [3.05, 3.63) is 35.4 Å². The Morgan fingerprint density at radius 1 is 1.44 bits per heavy atom. The molecule has 0 fully saturated rings. The summed E-state index contributed by atoms with van der Waals surface area (Å²) in [5.41, 5.74) is 6.80. The molecule has 0 aliphatic heterocycles. The fraction of sp³-hybridized carbons (Fsp3) is 0.500. The van der Waals surface area contributed by atoms with Gasteiger partial charge in [-0.15, -0.1) is 0 Å². The quantitative estimate of drug-likeness (QED) is 0.816. The molecule has 0 aliphatic carbocycles. The fourth-order valence-electron chi connectivity index (χ4n) is 1.95. The van der Waals surface area contributed by atoms with Gasteiger partial charge in [-0.05, 0) is 30.9 Å². The number of aryl methyl sites for hydroxylation is 1. The average Bonchev–Trinajstić information content (AvgIpc) is 2.34. The Hall–Kier alpha value is -1.55. The summed E-state index contributed by atoms with van der Waals surface area (Å²) in [5, 5.41) is 10.3. The Labute approximate surface area is 108 Å². The minimum absolute atomic E-state index is 0.580. The SMILES string of the molecule is CCCC[C@H](OC(N)=O)[C@@H](O)c1ccccc1C. The van der Waals surface area contributed by atoms with E-state index in [4.69, 9.17) is 10.5 Å². The van der Waals surface area contributed by atoms with Gasteiger partial charge in [0.15, 0.2) is 0 Å². The minimum Gasteiger partial charge on any atom is -0.443 e. The molecule has 0 saturated carbocycles. The lowest BCUT2D eigenvalue weighted by Gasteiger charge is -2.23. The first-order chi connectivity index (χ1) is 8.56. The van der Waals surface area contributed by atoms with Crippen molar-refractivity contribution in [3.63, 3.8) is 0 Å². The molecule has 0 saturated heterocycles. The van der Waals surface area contributed by atoms with Gasteiger partial charge in [0, 0.05) is 0 Å². The smallest absolute Gasteiger partial charge is 0.404 e. The molecule has 0 unspecified atom stereocenters. The maximum Gasteiger partial charge on any atom is 0.404 e. The van der Waals surface area contributed by atoms with Crippen molar-refractivity contribution in [2.24, 2.45) is 5.73 Å². The van der Waals surface area contributed by atoms with Gasteiger partial charge in [0.05, 0.1) is 0 Å². The Morgan fingerprint density at radius 2 is 2.11 bits per heavy atom. The van der Waals surface area contributed by atoms with E-state index in [0.717, 1.165) is 24.0 Å². The molecule has 4 heteroatoms. The molecule has 4 nitrogen and oxygen atoms in total. The van der Waals surface area contributed by atoms with E-state index in [1.807, 2.05) is 38.1 Å². The summed E-state index contributed by atoms with van der Waals surface area (Å²) in [7, 11) is 0. The van der Waals surface area contributed by atoms with Crippen LogP contribution in [0.25, 0.3) is 0 Å². The number of benzene rings is 1. The maximum absolute atomic E-state index is 10.9. The van der Waals surface area contributed by atoms with Gasteiger partial charge in [-0.25, -0.2) is 4.79 Å². The van der Waals surface area contributed by atoms with Crippen LogP contribution in [0.1, 0.15) is 43.4 Å². The monoisotopic (exact) mass is 251 g/mol. The summed E-state index contributed by atoms with van der Waals surface area (Å²) in [5.74, 6) is 0. The van der Waals surface area contributed by atoms with Crippen LogP contribution >= 0.6 is 0 Å². The second kappa shape index (κ2) is 7.01. The van der Waals surface area contributed by atoms with Gasteiger partial charge in [-0.2, -0.15) is 0 Å². The molecule has 0 aromatic heterocycles. The van der Waals surface area contributed by atoms with E-state index in [1.165, 1.54) is 0 Å². The normalized spacial score (nSPS) is 13.9. The van der Waals surface area contributed by atoms with E-state index in [2.05, 4.69) is 0 Å². The first kappa shape index (κ1) is 14.5. The van der Waals surface area contributed by atoms with Crippen LogP contribution in [0.2, 0.25) is 0 Å². The third-order valence-corrected chi connectivity index (χ3v) is 2.97. The number of unbranched alkanes of at least 4 members (excludes halogenated alkanes) is 1. The predicted octanol–water partition coefficient (Wildman–Crippen LogP) is 2.68. The first-order valence-corrected chi connectivity index (χ1v) is 6.26. The lowest BCUT2D eigenvalue weighted by molar-refractivity contribution is -0.000593. The van der Waals surface area contributed by atoms with Crippen LogP contribution in [0.5, 0.6) is 0 Å². The summed E-state index contributed by atoms with van der Waals surface area (Å²) in [6.07, 6.45) is 0.201. The molecule has 0 heterocycles. The molecule has 0 bridgehead atoms. The molecule has 1 aromatic carbocycles. The molecular weight excluding hydrogens is 230 g/mol.